The Hall–Kier alpha value is -2.94. The number of hydrogen-bond donors (Lipinski definition) is 2. The molecule has 0 unspecified atom stereocenters. The van der Waals surface area contributed by atoms with E-state index in [4.69, 9.17) is 19.7 Å². The average Bonchev–Trinajstić information content (AvgIpc) is 3.06. The number of carbonyl (C=O) groups is 2. The van der Waals surface area contributed by atoms with Crippen LogP contribution in [0.1, 0.15) is 33.3 Å². The number of ether oxygens (including phenoxy) is 2. The maximum Gasteiger partial charge on any atom is 0.316 e. The SMILES string of the molecule is COCCCNC(=O)c1nc(COc2ccccc2C(N)=O)no1. The highest BCUT2D eigenvalue weighted by molar-refractivity contribution is 5.95. The van der Waals surface area contributed by atoms with E-state index in [-0.39, 0.29) is 23.9 Å². The molecule has 0 aliphatic heterocycles. The molecule has 0 saturated carbocycles. The first-order chi connectivity index (χ1) is 11.6. The molecule has 0 bridgehead atoms. The Kier molecular flexibility index (Phi) is 6.26. The maximum atomic E-state index is 11.8. The van der Waals surface area contributed by atoms with Crippen molar-refractivity contribution >= 4 is 11.8 Å². The predicted octanol–water partition coefficient (Wildman–Crippen LogP) is 0.514. The lowest BCUT2D eigenvalue weighted by Crippen LogP contribution is -2.25. The zero-order valence-corrected chi connectivity index (χ0v) is 13.2. The fraction of sp³-hybridized carbons (Fsp3) is 0.333. The summed E-state index contributed by atoms with van der Waals surface area (Å²) < 4.78 is 15.2. The molecule has 3 N–H and O–H groups in total. The number of rotatable bonds is 9. The van der Waals surface area contributed by atoms with Gasteiger partial charge in [-0.05, 0) is 18.6 Å². The molecule has 128 valence electrons. The minimum absolute atomic E-state index is 0.0647. The van der Waals surface area contributed by atoms with Crippen molar-refractivity contribution in [3.63, 3.8) is 0 Å². The molecule has 1 heterocycles. The normalized spacial score (nSPS) is 10.4. The van der Waals surface area contributed by atoms with E-state index in [1.807, 2.05) is 0 Å². The molecule has 2 amide bonds. The fourth-order valence-corrected chi connectivity index (χ4v) is 1.84. The molecular formula is C15H18N4O5. The van der Waals surface area contributed by atoms with Crippen LogP contribution in [-0.4, -0.2) is 42.2 Å². The Morgan fingerprint density at radius 2 is 2.12 bits per heavy atom. The van der Waals surface area contributed by atoms with E-state index in [0.717, 1.165) is 0 Å². The fourth-order valence-electron chi connectivity index (χ4n) is 1.84. The molecule has 2 aromatic rings. The lowest BCUT2D eigenvalue weighted by atomic mass is 10.2. The van der Waals surface area contributed by atoms with Crippen LogP contribution in [0.3, 0.4) is 0 Å². The summed E-state index contributed by atoms with van der Waals surface area (Å²) in [6.07, 6.45) is 0.677. The first-order valence-electron chi connectivity index (χ1n) is 7.23. The molecule has 0 aliphatic carbocycles. The van der Waals surface area contributed by atoms with Crippen molar-refractivity contribution in [1.82, 2.24) is 15.5 Å². The number of nitrogens with one attached hydrogen (secondary N) is 1. The van der Waals surface area contributed by atoms with E-state index in [1.54, 1.807) is 31.4 Å². The Labute approximate surface area is 138 Å². The van der Waals surface area contributed by atoms with Gasteiger partial charge in [-0.2, -0.15) is 4.98 Å². The summed E-state index contributed by atoms with van der Waals surface area (Å²) in [5, 5.41) is 6.29. The van der Waals surface area contributed by atoms with Gasteiger partial charge in [0.2, 0.25) is 5.82 Å². The molecule has 9 nitrogen and oxygen atoms in total. The molecule has 0 fully saturated rings. The number of aromatic nitrogens is 2. The molecule has 1 aromatic heterocycles. The van der Waals surface area contributed by atoms with E-state index in [1.165, 1.54) is 0 Å². The highest BCUT2D eigenvalue weighted by atomic mass is 16.5. The maximum absolute atomic E-state index is 11.8. The number of primary amides is 1. The number of hydrogen-bond acceptors (Lipinski definition) is 7. The molecular weight excluding hydrogens is 316 g/mol. The van der Waals surface area contributed by atoms with Gasteiger partial charge < -0.3 is 25.0 Å². The van der Waals surface area contributed by atoms with Crippen molar-refractivity contribution in [2.45, 2.75) is 13.0 Å². The van der Waals surface area contributed by atoms with Crippen molar-refractivity contribution in [1.29, 1.82) is 0 Å². The molecule has 0 aliphatic rings. The zero-order valence-electron chi connectivity index (χ0n) is 13.2. The average molecular weight is 334 g/mol. The van der Waals surface area contributed by atoms with Crippen LogP contribution in [0.4, 0.5) is 0 Å². The first-order valence-corrected chi connectivity index (χ1v) is 7.23. The van der Waals surface area contributed by atoms with E-state index < -0.39 is 11.8 Å². The van der Waals surface area contributed by atoms with Crippen molar-refractivity contribution < 1.29 is 23.6 Å². The van der Waals surface area contributed by atoms with Crippen molar-refractivity contribution in [2.75, 3.05) is 20.3 Å². The van der Waals surface area contributed by atoms with Crippen molar-refractivity contribution in [3.05, 3.63) is 41.5 Å². The minimum Gasteiger partial charge on any atom is -0.485 e. The number of methoxy groups -OCH3 is 1. The molecule has 2 rings (SSSR count). The van der Waals surface area contributed by atoms with Gasteiger partial charge in [0.05, 0.1) is 5.56 Å². The number of carbonyl (C=O) groups excluding carboxylic acids is 2. The predicted molar refractivity (Wildman–Crippen MR) is 82.4 cm³/mol. The third-order valence-electron chi connectivity index (χ3n) is 2.98. The largest absolute Gasteiger partial charge is 0.485 e. The summed E-state index contributed by atoms with van der Waals surface area (Å²) in [4.78, 5) is 27.0. The van der Waals surface area contributed by atoms with E-state index in [9.17, 15) is 9.59 Å². The second kappa shape index (κ2) is 8.63. The van der Waals surface area contributed by atoms with E-state index in [0.29, 0.717) is 25.3 Å². The van der Waals surface area contributed by atoms with Crippen LogP contribution in [0.15, 0.2) is 28.8 Å². The molecule has 9 heteroatoms. The van der Waals surface area contributed by atoms with Crippen molar-refractivity contribution in [3.8, 4) is 5.75 Å². The molecule has 0 atom stereocenters. The molecule has 0 saturated heterocycles. The van der Waals surface area contributed by atoms with Crippen LogP contribution in [0.5, 0.6) is 5.75 Å². The monoisotopic (exact) mass is 334 g/mol. The third kappa shape index (κ3) is 4.78. The highest BCUT2D eigenvalue weighted by Gasteiger charge is 2.16. The lowest BCUT2D eigenvalue weighted by molar-refractivity contribution is 0.0904. The molecule has 0 radical (unpaired) electrons. The van der Waals surface area contributed by atoms with Gasteiger partial charge in [-0.3, -0.25) is 9.59 Å². The van der Waals surface area contributed by atoms with Gasteiger partial charge in [0.25, 0.3) is 5.91 Å². The van der Waals surface area contributed by atoms with E-state index in [2.05, 4.69) is 15.5 Å². The Morgan fingerprint density at radius 1 is 1.33 bits per heavy atom. The van der Waals surface area contributed by atoms with Crippen LogP contribution in [0.25, 0.3) is 0 Å². The van der Waals surface area contributed by atoms with Gasteiger partial charge in [0.15, 0.2) is 6.61 Å². The first kappa shape index (κ1) is 17.4. The second-order valence-electron chi connectivity index (χ2n) is 4.77. The summed E-state index contributed by atoms with van der Waals surface area (Å²) in [6, 6.07) is 6.53. The summed E-state index contributed by atoms with van der Waals surface area (Å²) in [7, 11) is 1.59. The summed E-state index contributed by atoms with van der Waals surface area (Å²) >= 11 is 0. The second-order valence-corrected chi connectivity index (χ2v) is 4.77. The standard InChI is InChI=1S/C15H18N4O5/c1-22-8-4-7-17-14(21)15-18-12(19-24-15)9-23-11-6-3-2-5-10(11)13(16)20/h2-3,5-6H,4,7-9H2,1H3,(H2,16,20)(H,17,21). The number of para-hydroxylation sites is 1. The quantitative estimate of drug-likeness (QED) is 0.639. The Balaban J connectivity index is 1.90. The van der Waals surface area contributed by atoms with Gasteiger partial charge in [0.1, 0.15) is 5.75 Å². The van der Waals surface area contributed by atoms with Crippen molar-refractivity contribution in [2.24, 2.45) is 5.73 Å². The Morgan fingerprint density at radius 3 is 2.88 bits per heavy atom. The highest BCUT2D eigenvalue weighted by Crippen LogP contribution is 2.18. The van der Waals surface area contributed by atoms with Crippen LogP contribution in [0, 0.1) is 0 Å². The van der Waals surface area contributed by atoms with Crippen LogP contribution in [-0.2, 0) is 11.3 Å². The Bertz CT molecular complexity index is 701. The summed E-state index contributed by atoms with van der Waals surface area (Å²) in [5.41, 5.74) is 5.51. The zero-order chi connectivity index (χ0) is 17.4. The number of amides is 2. The van der Waals surface area contributed by atoms with Gasteiger partial charge >= 0.3 is 11.8 Å². The number of benzene rings is 1. The topological polar surface area (TPSA) is 130 Å². The smallest absolute Gasteiger partial charge is 0.316 e. The summed E-state index contributed by atoms with van der Waals surface area (Å²) in [6.45, 7) is 0.917. The van der Waals surface area contributed by atoms with Gasteiger partial charge in [0, 0.05) is 20.3 Å². The van der Waals surface area contributed by atoms with E-state index >= 15 is 0 Å². The molecule has 24 heavy (non-hydrogen) atoms. The molecule has 1 aromatic carbocycles. The van der Waals surface area contributed by atoms with Crippen LogP contribution < -0.4 is 15.8 Å². The third-order valence-corrected chi connectivity index (χ3v) is 2.98. The van der Waals surface area contributed by atoms with Gasteiger partial charge in [-0.15, -0.1) is 0 Å². The molecule has 0 spiro atoms. The lowest BCUT2D eigenvalue weighted by Gasteiger charge is -2.06. The number of nitrogens with two attached hydrogens (primary N) is 1. The van der Waals surface area contributed by atoms with Gasteiger partial charge in [-0.25, -0.2) is 0 Å². The van der Waals surface area contributed by atoms with Gasteiger partial charge in [-0.1, -0.05) is 17.3 Å². The summed E-state index contributed by atoms with van der Waals surface area (Å²) in [5.74, 6) is -0.747. The van der Waals surface area contributed by atoms with Crippen LogP contribution in [0.2, 0.25) is 0 Å². The number of nitrogens with zero attached hydrogens (tertiary/aromatic N) is 2. The minimum atomic E-state index is -0.602. The van der Waals surface area contributed by atoms with Crippen LogP contribution >= 0.6 is 0 Å².